The van der Waals surface area contributed by atoms with Gasteiger partial charge in [-0.25, -0.2) is 4.68 Å². The molecule has 130 valence electrons. The Balaban J connectivity index is 1.58. The van der Waals surface area contributed by atoms with Crippen molar-refractivity contribution in [2.24, 2.45) is 0 Å². The van der Waals surface area contributed by atoms with Gasteiger partial charge in [0.2, 0.25) is 5.95 Å². The average Bonchev–Trinajstić information content (AvgIpc) is 3.36. The fourth-order valence-electron chi connectivity index (χ4n) is 3.77. The zero-order chi connectivity index (χ0) is 16.4. The van der Waals surface area contributed by atoms with Crippen LogP contribution in [0.4, 0.5) is 5.95 Å². The summed E-state index contributed by atoms with van der Waals surface area (Å²) in [4.78, 5) is 2.34. The Hall–Kier alpha value is -1.51. The minimum Gasteiger partial charge on any atom is -0.381 e. The maximum absolute atomic E-state index is 5.86. The van der Waals surface area contributed by atoms with Gasteiger partial charge < -0.3 is 14.4 Å². The summed E-state index contributed by atoms with van der Waals surface area (Å²) in [7, 11) is 1.78. The van der Waals surface area contributed by atoms with Gasteiger partial charge in [0.25, 0.3) is 0 Å². The number of anilines is 1. The molecule has 7 nitrogen and oxygen atoms in total. The molecule has 2 aromatic rings. The molecule has 0 radical (unpaired) electrons. The Kier molecular flexibility index (Phi) is 4.51. The predicted molar refractivity (Wildman–Crippen MR) is 91.3 cm³/mol. The van der Waals surface area contributed by atoms with Gasteiger partial charge in [0, 0.05) is 39.7 Å². The zero-order valence-corrected chi connectivity index (χ0v) is 14.7. The minimum atomic E-state index is -0.236. The molecule has 4 heterocycles. The van der Waals surface area contributed by atoms with Gasteiger partial charge in [0.05, 0.1) is 18.2 Å². The van der Waals surface area contributed by atoms with Crippen molar-refractivity contribution in [2.75, 3.05) is 31.8 Å². The summed E-state index contributed by atoms with van der Waals surface area (Å²) in [5.74, 6) is 0.853. The van der Waals surface area contributed by atoms with Crippen LogP contribution in [-0.2, 0) is 16.0 Å². The molecular formula is C16H23N5O2S. The number of tetrazole rings is 1. The highest BCUT2D eigenvalue weighted by Gasteiger charge is 2.36. The Labute approximate surface area is 145 Å². The van der Waals surface area contributed by atoms with Gasteiger partial charge in [-0.15, -0.1) is 0 Å². The van der Waals surface area contributed by atoms with Crippen LogP contribution < -0.4 is 4.90 Å². The molecule has 0 spiro atoms. The molecule has 1 unspecified atom stereocenters. The van der Waals surface area contributed by atoms with Gasteiger partial charge in [-0.3, -0.25) is 0 Å². The third-order valence-corrected chi connectivity index (χ3v) is 5.93. The summed E-state index contributed by atoms with van der Waals surface area (Å²) in [5.41, 5.74) is 1.12. The highest BCUT2D eigenvalue weighted by atomic mass is 32.1. The molecule has 2 saturated heterocycles. The van der Waals surface area contributed by atoms with Crippen LogP contribution in [0, 0.1) is 0 Å². The van der Waals surface area contributed by atoms with E-state index in [4.69, 9.17) is 9.47 Å². The summed E-state index contributed by atoms with van der Waals surface area (Å²) in [5, 5.41) is 16.9. The molecule has 0 N–H and O–H groups in total. The lowest BCUT2D eigenvalue weighted by atomic mass is 9.94. The Bertz CT molecular complexity index is 653. The van der Waals surface area contributed by atoms with Crippen LogP contribution in [-0.4, -0.2) is 52.7 Å². The Morgan fingerprint density at radius 2 is 2.29 bits per heavy atom. The average molecular weight is 349 g/mol. The highest BCUT2D eigenvalue weighted by molar-refractivity contribution is 7.08. The topological polar surface area (TPSA) is 65.3 Å². The summed E-state index contributed by atoms with van der Waals surface area (Å²) in [6.45, 7) is 3.12. The summed E-state index contributed by atoms with van der Waals surface area (Å²) in [6.07, 6.45) is 4.05. The SMILES string of the molecule is COC1(Cn2nnnc2N2CCCC2c2ccsc2)CCOCC1. The number of nitrogens with zero attached hydrogens (tertiary/aromatic N) is 5. The van der Waals surface area contributed by atoms with E-state index in [2.05, 4.69) is 37.3 Å². The van der Waals surface area contributed by atoms with E-state index in [1.165, 1.54) is 5.56 Å². The van der Waals surface area contributed by atoms with Crippen LogP contribution >= 0.6 is 11.3 Å². The number of hydrogen-bond acceptors (Lipinski definition) is 7. The van der Waals surface area contributed by atoms with Crippen molar-refractivity contribution in [2.45, 2.75) is 43.9 Å². The van der Waals surface area contributed by atoms with E-state index in [1.54, 1.807) is 18.4 Å². The summed E-state index contributed by atoms with van der Waals surface area (Å²) >= 11 is 1.74. The minimum absolute atomic E-state index is 0.236. The molecule has 0 bridgehead atoms. The standard InChI is InChI=1S/C16H23N5O2S/c1-22-16(5-8-23-9-6-16)12-21-15(17-18-19-21)20-7-2-3-14(20)13-4-10-24-11-13/h4,10-11,14H,2-3,5-9,12H2,1H3. The smallest absolute Gasteiger partial charge is 0.246 e. The van der Waals surface area contributed by atoms with E-state index in [1.807, 2.05) is 4.68 Å². The van der Waals surface area contributed by atoms with Crippen LogP contribution in [0.25, 0.3) is 0 Å². The molecule has 0 saturated carbocycles. The van der Waals surface area contributed by atoms with E-state index in [0.717, 1.165) is 51.4 Å². The lowest BCUT2D eigenvalue weighted by Gasteiger charge is -2.36. The summed E-state index contributed by atoms with van der Waals surface area (Å²) < 4.78 is 13.3. The first-order valence-corrected chi connectivity index (χ1v) is 9.43. The third kappa shape index (κ3) is 2.94. The lowest BCUT2D eigenvalue weighted by Crippen LogP contribution is -2.43. The number of aromatic nitrogens is 4. The summed E-state index contributed by atoms with van der Waals surface area (Å²) in [6, 6.07) is 2.57. The number of methoxy groups -OCH3 is 1. The molecule has 8 heteroatoms. The molecule has 2 aliphatic heterocycles. The first-order valence-electron chi connectivity index (χ1n) is 8.49. The quantitative estimate of drug-likeness (QED) is 0.825. The largest absolute Gasteiger partial charge is 0.381 e. The van der Waals surface area contributed by atoms with Crippen molar-refractivity contribution < 1.29 is 9.47 Å². The second-order valence-corrected chi connectivity index (χ2v) is 7.32. The van der Waals surface area contributed by atoms with Crippen LogP contribution in [0.5, 0.6) is 0 Å². The lowest BCUT2D eigenvalue weighted by molar-refractivity contribution is -0.100. The molecule has 4 rings (SSSR count). The van der Waals surface area contributed by atoms with Crippen molar-refractivity contribution in [3.8, 4) is 0 Å². The fourth-order valence-corrected chi connectivity index (χ4v) is 4.48. The maximum atomic E-state index is 5.86. The monoisotopic (exact) mass is 349 g/mol. The van der Waals surface area contributed by atoms with Gasteiger partial charge in [-0.1, -0.05) is 5.10 Å². The normalized spacial score (nSPS) is 23.7. The van der Waals surface area contributed by atoms with Crippen LogP contribution in [0.15, 0.2) is 16.8 Å². The van der Waals surface area contributed by atoms with E-state index >= 15 is 0 Å². The fraction of sp³-hybridized carbons (Fsp3) is 0.688. The van der Waals surface area contributed by atoms with Crippen molar-refractivity contribution in [1.82, 2.24) is 20.2 Å². The number of hydrogen-bond donors (Lipinski definition) is 0. The van der Waals surface area contributed by atoms with Gasteiger partial charge in [0.1, 0.15) is 0 Å². The van der Waals surface area contributed by atoms with Crippen LogP contribution in [0.2, 0.25) is 0 Å². The first-order chi connectivity index (χ1) is 11.8. The van der Waals surface area contributed by atoms with E-state index < -0.39 is 0 Å². The van der Waals surface area contributed by atoms with Crippen molar-refractivity contribution >= 4 is 17.3 Å². The van der Waals surface area contributed by atoms with Crippen LogP contribution in [0.3, 0.4) is 0 Å². The molecule has 0 aromatic carbocycles. The Morgan fingerprint density at radius 3 is 3.04 bits per heavy atom. The molecular weight excluding hydrogens is 326 g/mol. The second kappa shape index (κ2) is 6.78. The van der Waals surface area contributed by atoms with Gasteiger partial charge in [0.15, 0.2) is 0 Å². The molecule has 0 aliphatic carbocycles. The van der Waals surface area contributed by atoms with Crippen molar-refractivity contribution in [1.29, 1.82) is 0 Å². The van der Waals surface area contributed by atoms with E-state index in [-0.39, 0.29) is 5.60 Å². The van der Waals surface area contributed by atoms with E-state index in [9.17, 15) is 0 Å². The number of thiophene rings is 1. The number of rotatable bonds is 5. The highest BCUT2D eigenvalue weighted by Crippen LogP contribution is 2.36. The van der Waals surface area contributed by atoms with Crippen molar-refractivity contribution in [3.63, 3.8) is 0 Å². The maximum Gasteiger partial charge on any atom is 0.246 e. The molecule has 2 aromatic heterocycles. The van der Waals surface area contributed by atoms with Crippen LogP contribution in [0.1, 0.15) is 37.3 Å². The predicted octanol–water partition coefficient (Wildman–Crippen LogP) is 2.27. The van der Waals surface area contributed by atoms with E-state index in [0.29, 0.717) is 12.6 Å². The second-order valence-electron chi connectivity index (χ2n) is 6.54. The van der Waals surface area contributed by atoms with Gasteiger partial charge in [-0.05, 0) is 45.7 Å². The molecule has 0 amide bonds. The Morgan fingerprint density at radius 1 is 1.42 bits per heavy atom. The van der Waals surface area contributed by atoms with Crippen molar-refractivity contribution in [3.05, 3.63) is 22.4 Å². The number of ether oxygens (including phenoxy) is 2. The van der Waals surface area contributed by atoms with Gasteiger partial charge in [-0.2, -0.15) is 11.3 Å². The first kappa shape index (κ1) is 16.0. The molecule has 2 fully saturated rings. The third-order valence-electron chi connectivity index (χ3n) is 5.23. The van der Waals surface area contributed by atoms with Gasteiger partial charge >= 0.3 is 0 Å². The molecule has 24 heavy (non-hydrogen) atoms. The zero-order valence-electron chi connectivity index (χ0n) is 13.9. The molecule has 1 atom stereocenters. The molecule has 2 aliphatic rings.